The van der Waals surface area contributed by atoms with Crippen molar-refractivity contribution in [3.05, 3.63) is 0 Å². The maximum absolute atomic E-state index is 11.4. The van der Waals surface area contributed by atoms with Gasteiger partial charge in [0.2, 0.25) is 0 Å². The fourth-order valence-electron chi connectivity index (χ4n) is 1.71. The first-order chi connectivity index (χ1) is 6.87. The average Bonchev–Trinajstić information content (AvgIpc) is 1.99. The van der Waals surface area contributed by atoms with E-state index >= 15 is 0 Å². The number of hydrogen-bond donors (Lipinski definition) is 2. The molecule has 0 aromatic heterocycles. The summed E-state index contributed by atoms with van der Waals surface area (Å²) >= 11 is 0. The number of ether oxygens (including phenoxy) is 1. The molecule has 0 aliphatic heterocycles. The Morgan fingerprint density at radius 3 is 2.60 bits per heavy atom. The minimum absolute atomic E-state index is 0.129. The van der Waals surface area contributed by atoms with Gasteiger partial charge < -0.3 is 15.2 Å². The van der Waals surface area contributed by atoms with Gasteiger partial charge in [0.15, 0.2) is 0 Å². The summed E-state index contributed by atoms with van der Waals surface area (Å²) in [5.41, 5.74) is -0.273. The second kappa shape index (κ2) is 4.84. The standard InChI is InChI=1S/C11H21NO3/c1-11(2,3)12-10(14)15-9-6-4-5-8(13)7-9/h8-9,13H,4-7H2,1-3H3,(H,12,14)/t8-,9+/m0/s1. The molecule has 0 spiro atoms. The molecule has 2 N–H and O–H groups in total. The highest BCUT2D eigenvalue weighted by molar-refractivity contribution is 5.68. The first kappa shape index (κ1) is 12.3. The van der Waals surface area contributed by atoms with Crippen molar-refractivity contribution in [3.63, 3.8) is 0 Å². The lowest BCUT2D eigenvalue weighted by Gasteiger charge is -2.27. The number of carbonyl (C=O) groups is 1. The van der Waals surface area contributed by atoms with E-state index in [4.69, 9.17) is 4.74 Å². The van der Waals surface area contributed by atoms with Crippen molar-refractivity contribution in [3.8, 4) is 0 Å². The van der Waals surface area contributed by atoms with E-state index in [0.717, 1.165) is 19.3 Å². The van der Waals surface area contributed by atoms with Gasteiger partial charge in [-0.2, -0.15) is 0 Å². The fraction of sp³-hybridized carbons (Fsp3) is 0.909. The third-order valence-corrected chi connectivity index (χ3v) is 2.35. The number of hydrogen-bond acceptors (Lipinski definition) is 3. The highest BCUT2D eigenvalue weighted by atomic mass is 16.6. The van der Waals surface area contributed by atoms with E-state index in [-0.39, 0.29) is 23.8 Å². The minimum Gasteiger partial charge on any atom is -0.446 e. The maximum Gasteiger partial charge on any atom is 0.407 e. The SMILES string of the molecule is CC(C)(C)NC(=O)O[C@@H]1CCC[C@H](O)C1. The number of alkyl carbamates (subject to hydrolysis) is 1. The zero-order valence-electron chi connectivity index (χ0n) is 9.75. The normalized spacial score (nSPS) is 27.2. The summed E-state index contributed by atoms with van der Waals surface area (Å²) in [6.07, 6.45) is 2.34. The van der Waals surface area contributed by atoms with Gasteiger partial charge in [-0.1, -0.05) is 0 Å². The summed E-state index contributed by atoms with van der Waals surface area (Å²) in [5.74, 6) is 0. The second-order valence-corrected chi connectivity index (χ2v) is 5.22. The van der Waals surface area contributed by atoms with Gasteiger partial charge in [-0.15, -0.1) is 0 Å². The lowest BCUT2D eigenvalue weighted by atomic mass is 9.95. The van der Waals surface area contributed by atoms with Gasteiger partial charge in [-0.25, -0.2) is 4.79 Å². The first-order valence-electron chi connectivity index (χ1n) is 5.54. The van der Waals surface area contributed by atoms with Crippen LogP contribution in [0.3, 0.4) is 0 Å². The van der Waals surface area contributed by atoms with Crippen LogP contribution < -0.4 is 5.32 Å². The van der Waals surface area contributed by atoms with Crippen molar-refractivity contribution in [2.24, 2.45) is 0 Å². The van der Waals surface area contributed by atoms with Crippen LogP contribution in [-0.4, -0.2) is 28.9 Å². The van der Waals surface area contributed by atoms with Crippen molar-refractivity contribution in [1.29, 1.82) is 0 Å². The summed E-state index contributed by atoms with van der Waals surface area (Å²) in [6, 6.07) is 0. The van der Waals surface area contributed by atoms with Gasteiger partial charge in [0.25, 0.3) is 0 Å². The molecule has 88 valence electrons. The zero-order chi connectivity index (χ0) is 11.5. The minimum atomic E-state index is -0.387. The molecule has 4 heteroatoms. The number of nitrogens with one attached hydrogen (secondary N) is 1. The topological polar surface area (TPSA) is 58.6 Å². The van der Waals surface area contributed by atoms with Gasteiger partial charge in [0.1, 0.15) is 6.10 Å². The van der Waals surface area contributed by atoms with Crippen LogP contribution in [0.15, 0.2) is 0 Å². The van der Waals surface area contributed by atoms with Crippen LogP contribution in [0.25, 0.3) is 0 Å². The number of rotatable bonds is 1. The van der Waals surface area contributed by atoms with Crippen LogP contribution in [0.4, 0.5) is 4.79 Å². The Morgan fingerprint density at radius 2 is 2.07 bits per heavy atom. The summed E-state index contributed by atoms with van der Waals surface area (Å²) in [7, 11) is 0. The third-order valence-electron chi connectivity index (χ3n) is 2.35. The molecule has 1 aliphatic rings. The molecule has 0 heterocycles. The number of carbonyl (C=O) groups excluding carboxylic acids is 1. The van der Waals surface area contributed by atoms with Crippen molar-refractivity contribution in [1.82, 2.24) is 5.32 Å². The van der Waals surface area contributed by atoms with E-state index in [2.05, 4.69) is 5.32 Å². The third kappa shape index (κ3) is 5.02. The molecule has 0 saturated heterocycles. The molecular formula is C11H21NO3. The van der Waals surface area contributed by atoms with Crippen molar-refractivity contribution in [2.75, 3.05) is 0 Å². The van der Waals surface area contributed by atoms with Crippen molar-refractivity contribution < 1.29 is 14.6 Å². The van der Waals surface area contributed by atoms with Gasteiger partial charge in [0.05, 0.1) is 6.10 Å². The quantitative estimate of drug-likeness (QED) is 0.701. The van der Waals surface area contributed by atoms with Crippen molar-refractivity contribution in [2.45, 2.75) is 64.2 Å². The Bertz CT molecular complexity index is 222. The molecule has 0 aromatic carbocycles. The molecule has 0 radical (unpaired) electrons. The van der Waals surface area contributed by atoms with E-state index < -0.39 is 0 Å². The molecule has 0 bridgehead atoms. The summed E-state index contributed by atoms with van der Waals surface area (Å²) < 4.78 is 5.23. The fourth-order valence-corrected chi connectivity index (χ4v) is 1.71. The van der Waals surface area contributed by atoms with Crippen LogP contribution in [0, 0.1) is 0 Å². The Hall–Kier alpha value is -0.770. The molecule has 0 unspecified atom stereocenters. The number of aliphatic hydroxyl groups excluding tert-OH is 1. The average molecular weight is 215 g/mol. The molecule has 1 fully saturated rings. The molecule has 0 aromatic rings. The summed E-state index contributed by atoms with van der Waals surface area (Å²) in [4.78, 5) is 11.4. The molecule has 1 aliphatic carbocycles. The lowest BCUT2D eigenvalue weighted by Crippen LogP contribution is -2.43. The van der Waals surface area contributed by atoms with Gasteiger partial charge >= 0.3 is 6.09 Å². The molecule has 1 rings (SSSR count). The number of aliphatic hydroxyl groups is 1. The Balaban J connectivity index is 2.31. The van der Waals surface area contributed by atoms with Crippen LogP contribution in [0.1, 0.15) is 46.5 Å². The smallest absolute Gasteiger partial charge is 0.407 e. The highest BCUT2D eigenvalue weighted by Gasteiger charge is 2.24. The molecule has 1 saturated carbocycles. The van der Waals surface area contributed by atoms with E-state index in [1.807, 2.05) is 20.8 Å². The summed E-state index contributed by atoms with van der Waals surface area (Å²) in [6.45, 7) is 5.72. The first-order valence-corrected chi connectivity index (χ1v) is 5.54. The predicted molar refractivity (Wildman–Crippen MR) is 57.6 cm³/mol. The Morgan fingerprint density at radius 1 is 1.40 bits per heavy atom. The van der Waals surface area contributed by atoms with Crippen LogP contribution in [0.5, 0.6) is 0 Å². The van der Waals surface area contributed by atoms with Gasteiger partial charge in [-0.3, -0.25) is 0 Å². The molecule has 1 amide bonds. The molecule has 15 heavy (non-hydrogen) atoms. The molecule has 4 nitrogen and oxygen atoms in total. The monoisotopic (exact) mass is 215 g/mol. The van der Waals surface area contributed by atoms with Crippen molar-refractivity contribution >= 4 is 6.09 Å². The molecular weight excluding hydrogens is 194 g/mol. The van der Waals surface area contributed by atoms with Crippen LogP contribution in [0.2, 0.25) is 0 Å². The van der Waals surface area contributed by atoms with E-state index in [9.17, 15) is 9.90 Å². The second-order valence-electron chi connectivity index (χ2n) is 5.22. The number of amides is 1. The Labute approximate surface area is 91.0 Å². The van der Waals surface area contributed by atoms with Gasteiger partial charge in [-0.05, 0) is 40.0 Å². The maximum atomic E-state index is 11.4. The Kier molecular flexibility index (Phi) is 3.97. The van der Waals surface area contributed by atoms with E-state index in [1.165, 1.54) is 0 Å². The highest BCUT2D eigenvalue weighted by Crippen LogP contribution is 2.21. The van der Waals surface area contributed by atoms with E-state index in [1.54, 1.807) is 0 Å². The largest absolute Gasteiger partial charge is 0.446 e. The predicted octanol–water partition coefficient (Wildman–Crippen LogP) is 1.81. The van der Waals surface area contributed by atoms with Crippen LogP contribution in [-0.2, 0) is 4.74 Å². The zero-order valence-corrected chi connectivity index (χ0v) is 9.75. The molecule has 2 atom stereocenters. The van der Waals surface area contributed by atoms with Gasteiger partial charge in [0, 0.05) is 12.0 Å². The van der Waals surface area contributed by atoms with E-state index in [0.29, 0.717) is 6.42 Å². The summed E-state index contributed by atoms with van der Waals surface area (Å²) in [5, 5.41) is 12.2. The lowest BCUT2D eigenvalue weighted by molar-refractivity contribution is 0.0207. The van der Waals surface area contributed by atoms with Crippen LogP contribution >= 0.6 is 0 Å².